The van der Waals surface area contributed by atoms with Crippen molar-refractivity contribution in [2.75, 3.05) is 36.5 Å². The van der Waals surface area contributed by atoms with Crippen molar-refractivity contribution in [1.29, 1.82) is 0 Å². The van der Waals surface area contributed by atoms with E-state index in [-0.39, 0.29) is 24.4 Å². The molecule has 4 heterocycles. The van der Waals surface area contributed by atoms with Gasteiger partial charge in [-0.2, -0.15) is 0 Å². The first-order valence-electron chi connectivity index (χ1n) is 12.4. The molecule has 7 nitrogen and oxygen atoms in total. The zero-order valence-corrected chi connectivity index (χ0v) is 20.6. The Bertz CT molecular complexity index is 1220. The van der Waals surface area contributed by atoms with Gasteiger partial charge in [0.05, 0.1) is 48.6 Å². The molecule has 10 heteroatoms. The van der Waals surface area contributed by atoms with Crippen LogP contribution >= 0.6 is 0 Å². The largest absolute Gasteiger partial charge is 0.488 e. The molecule has 2 fully saturated rings. The molecular formula is C27H30F3N5O2. The molecule has 1 aromatic carbocycles. The van der Waals surface area contributed by atoms with Gasteiger partial charge in [0.25, 0.3) is 0 Å². The minimum atomic E-state index is -0.949. The number of aromatic nitrogens is 2. The molecule has 2 aliphatic heterocycles. The second kappa shape index (κ2) is 10.9. The third-order valence-corrected chi connectivity index (χ3v) is 6.64. The number of anilines is 2. The predicted octanol–water partition coefficient (Wildman–Crippen LogP) is 4.51. The van der Waals surface area contributed by atoms with Crippen LogP contribution in [0.15, 0.2) is 42.7 Å². The lowest BCUT2D eigenvalue weighted by atomic mass is 9.96. The lowest BCUT2D eigenvalue weighted by molar-refractivity contribution is 0.141. The van der Waals surface area contributed by atoms with Gasteiger partial charge in [0, 0.05) is 43.9 Å². The molecule has 0 saturated carbocycles. The summed E-state index contributed by atoms with van der Waals surface area (Å²) in [5.74, 6) is -2.23. The van der Waals surface area contributed by atoms with E-state index in [0.717, 1.165) is 49.1 Å². The van der Waals surface area contributed by atoms with E-state index < -0.39 is 28.7 Å². The average Bonchev–Trinajstić information content (AvgIpc) is 3.36. The molecule has 0 radical (unpaired) electrons. The van der Waals surface area contributed by atoms with E-state index in [0.29, 0.717) is 31.2 Å². The van der Waals surface area contributed by atoms with Gasteiger partial charge in [-0.05, 0) is 30.5 Å². The fourth-order valence-corrected chi connectivity index (χ4v) is 4.98. The van der Waals surface area contributed by atoms with Crippen molar-refractivity contribution in [3.63, 3.8) is 0 Å². The summed E-state index contributed by atoms with van der Waals surface area (Å²) in [6.07, 6.45) is 4.77. The van der Waals surface area contributed by atoms with Crippen LogP contribution in [0.25, 0.3) is 11.3 Å². The first kappa shape index (κ1) is 25.3. The third kappa shape index (κ3) is 5.80. The van der Waals surface area contributed by atoms with Crippen molar-refractivity contribution in [2.24, 2.45) is 11.7 Å². The first-order valence-corrected chi connectivity index (χ1v) is 12.4. The maximum Gasteiger partial charge on any atom is 0.149 e. The fourth-order valence-electron chi connectivity index (χ4n) is 4.98. The highest BCUT2D eigenvalue weighted by molar-refractivity contribution is 5.69. The van der Waals surface area contributed by atoms with Gasteiger partial charge in [-0.1, -0.05) is 6.92 Å². The molecule has 2 saturated heterocycles. The normalized spacial score (nSPS) is 21.8. The van der Waals surface area contributed by atoms with Crippen LogP contribution in [0.5, 0.6) is 5.75 Å². The topological polar surface area (TPSA) is 85.5 Å². The van der Waals surface area contributed by atoms with Crippen LogP contribution < -0.4 is 20.7 Å². The van der Waals surface area contributed by atoms with E-state index >= 15 is 0 Å². The van der Waals surface area contributed by atoms with Crippen LogP contribution in [0.2, 0.25) is 0 Å². The molecule has 3 aromatic rings. The first-order chi connectivity index (χ1) is 17.9. The van der Waals surface area contributed by atoms with Gasteiger partial charge < -0.3 is 25.4 Å². The summed E-state index contributed by atoms with van der Waals surface area (Å²) in [6.45, 7) is 4.87. The summed E-state index contributed by atoms with van der Waals surface area (Å²) in [6, 6.07) is 6.74. The lowest BCUT2D eigenvalue weighted by Crippen LogP contribution is -2.46. The molecule has 5 rings (SSSR count). The zero-order chi connectivity index (χ0) is 25.9. The molecule has 0 amide bonds. The van der Waals surface area contributed by atoms with Crippen molar-refractivity contribution in [3.05, 3.63) is 65.9 Å². The number of rotatable bonds is 7. The van der Waals surface area contributed by atoms with Gasteiger partial charge in [0.1, 0.15) is 35.0 Å². The summed E-state index contributed by atoms with van der Waals surface area (Å²) in [4.78, 5) is 10.7. The Hall–Kier alpha value is -3.37. The Labute approximate surface area is 213 Å². The molecule has 2 aliphatic rings. The van der Waals surface area contributed by atoms with E-state index in [1.165, 1.54) is 6.07 Å². The van der Waals surface area contributed by atoms with Gasteiger partial charge in [-0.3, -0.25) is 4.98 Å². The highest BCUT2D eigenvalue weighted by Gasteiger charge is 2.25. The number of halogens is 3. The Kier molecular flexibility index (Phi) is 7.48. The smallest absolute Gasteiger partial charge is 0.149 e. The maximum atomic E-state index is 15.0. The van der Waals surface area contributed by atoms with Crippen molar-refractivity contribution in [1.82, 2.24) is 9.97 Å². The molecule has 3 N–H and O–H groups in total. The van der Waals surface area contributed by atoms with Crippen molar-refractivity contribution < 1.29 is 22.6 Å². The Morgan fingerprint density at radius 2 is 1.95 bits per heavy atom. The number of ether oxygens (including phenoxy) is 2. The number of piperidine rings is 1. The highest BCUT2D eigenvalue weighted by Crippen LogP contribution is 2.32. The number of pyridine rings is 2. The standard InChI is InChI=1S/C27H30F3N5O2/c1-16-8-17(31)14-35(13-16)25-4-6-32-12-24(25)33-11-18-2-3-21(28)27(34-18)26-22(29)9-20(10-23(26)30)37-19-5-7-36-15-19/h2-4,6,9-10,12,16-17,19,33H,5,7-8,11,13-15,31H2,1H3. The summed E-state index contributed by atoms with van der Waals surface area (Å²) in [7, 11) is 0. The summed E-state index contributed by atoms with van der Waals surface area (Å²) >= 11 is 0. The summed E-state index contributed by atoms with van der Waals surface area (Å²) < 4.78 is 55.4. The second-order valence-corrected chi connectivity index (χ2v) is 9.75. The molecule has 0 spiro atoms. The highest BCUT2D eigenvalue weighted by atomic mass is 19.1. The minimum absolute atomic E-state index is 0.0309. The van der Waals surface area contributed by atoms with Gasteiger partial charge >= 0.3 is 0 Å². The Balaban J connectivity index is 1.35. The van der Waals surface area contributed by atoms with Crippen molar-refractivity contribution >= 4 is 11.4 Å². The average molecular weight is 514 g/mol. The lowest BCUT2D eigenvalue weighted by Gasteiger charge is -2.37. The number of nitrogens with two attached hydrogens (primary N) is 1. The maximum absolute atomic E-state index is 15.0. The predicted molar refractivity (Wildman–Crippen MR) is 135 cm³/mol. The molecule has 2 aromatic heterocycles. The molecule has 37 heavy (non-hydrogen) atoms. The van der Waals surface area contributed by atoms with Crippen molar-refractivity contribution in [2.45, 2.75) is 38.5 Å². The van der Waals surface area contributed by atoms with E-state index in [2.05, 4.69) is 27.1 Å². The molecule has 3 unspecified atom stereocenters. The SMILES string of the molecule is CC1CC(N)CN(c2ccncc2NCc2ccc(F)c(-c3c(F)cc(OC4CCOC4)cc3F)n2)C1. The summed E-state index contributed by atoms with van der Waals surface area (Å²) in [5.41, 5.74) is 7.44. The number of benzene rings is 1. The fraction of sp³-hybridized carbons (Fsp3) is 0.407. The van der Waals surface area contributed by atoms with Crippen LogP contribution in [0.1, 0.15) is 25.5 Å². The number of hydrogen-bond acceptors (Lipinski definition) is 7. The van der Waals surface area contributed by atoms with E-state index in [1.54, 1.807) is 12.4 Å². The number of hydrogen-bond donors (Lipinski definition) is 2. The molecule has 196 valence electrons. The third-order valence-electron chi connectivity index (χ3n) is 6.64. The molecular weight excluding hydrogens is 483 g/mol. The van der Waals surface area contributed by atoms with Crippen LogP contribution in [-0.2, 0) is 11.3 Å². The number of nitrogens with one attached hydrogen (secondary N) is 1. The van der Waals surface area contributed by atoms with E-state index in [1.807, 2.05) is 6.07 Å². The van der Waals surface area contributed by atoms with Crippen LogP contribution in [-0.4, -0.2) is 48.4 Å². The minimum Gasteiger partial charge on any atom is -0.488 e. The van der Waals surface area contributed by atoms with E-state index in [9.17, 15) is 13.2 Å². The van der Waals surface area contributed by atoms with Crippen LogP contribution in [0.4, 0.5) is 24.5 Å². The van der Waals surface area contributed by atoms with Gasteiger partial charge in [-0.15, -0.1) is 0 Å². The Morgan fingerprint density at radius 3 is 2.68 bits per heavy atom. The quantitative estimate of drug-likeness (QED) is 0.481. The molecule has 0 bridgehead atoms. The number of nitrogens with zero attached hydrogens (tertiary/aromatic N) is 3. The van der Waals surface area contributed by atoms with Crippen LogP contribution in [0, 0.1) is 23.4 Å². The van der Waals surface area contributed by atoms with Crippen LogP contribution in [0.3, 0.4) is 0 Å². The monoisotopic (exact) mass is 513 g/mol. The van der Waals surface area contributed by atoms with Crippen molar-refractivity contribution in [3.8, 4) is 17.0 Å². The second-order valence-electron chi connectivity index (χ2n) is 9.75. The molecule has 3 atom stereocenters. The van der Waals surface area contributed by atoms with E-state index in [4.69, 9.17) is 15.2 Å². The van der Waals surface area contributed by atoms with Gasteiger partial charge in [0.15, 0.2) is 0 Å². The van der Waals surface area contributed by atoms with Gasteiger partial charge in [0.2, 0.25) is 0 Å². The van der Waals surface area contributed by atoms with Gasteiger partial charge in [-0.25, -0.2) is 18.2 Å². The molecule has 0 aliphatic carbocycles. The summed E-state index contributed by atoms with van der Waals surface area (Å²) in [5, 5.41) is 3.28. The Morgan fingerprint density at radius 1 is 1.14 bits per heavy atom. The zero-order valence-electron chi connectivity index (χ0n) is 20.6.